The highest BCUT2D eigenvalue weighted by atomic mass is 32.2. The molecule has 0 saturated carbocycles. The van der Waals surface area contributed by atoms with E-state index in [1.54, 1.807) is 42.7 Å². The Balaban J connectivity index is 1.49. The Morgan fingerprint density at radius 1 is 1.04 bits per heavy atom. The monoisotopic (exact) mass is 385 g/mol. The van der Waals surface area contributed by atoms with Gasteiger partial charge in [0, 0.05) is 42.8 Å². The SMILES string of the molecule is O=S(=O)(NCCNC/C=C/c1ccc(F)cc1)c1cccc2cnccc12. The molecule has 7 heteroatoms. The number of halogens is 1. The molecular formula is C20H20FN3O2S. The standard InChI is InChI=1S/C20H20FN3O2S/c21-18-8-6-16(7-9-18)3-2-11-22-13-14-24-27(25,26)20-5-1-4-17-15-23-12-10-19(17)20/h1-10,12,15,22,24H,11,13-14H2/b3-2+. The fraction of sp³-hybridized carbons (Fsp3) is 0.150. The van der Waals surface area contributed by atoms with Crippen LogP contribution in [0.25, 0.3) is 16.8 Å². The van der Waals surface area contributed by atoms with Crippen LogP contribution in [0.3, 0.4) is 0 Å². The number of benzene rings is 2. The molecule has 0 atom stereocenters. The van der Waals surface area contributed by atoms with Crippen molar-refractivity contribution in [2.45, 2.75) is 4.90 Å². The minimum absolute atomic E-state index is 0.249. The Kier molecular flexibility index (Phi) is 6.28. The van der Waals surface area contributed by atoms with Crippen LogP contribution < -0.4 is 10.0 Å². The van der Waals surface area contributed by atoms with E-state index < -0.39 is 10.0 Å². The third-order valence-corrected chi connectivity index (χ3v) is 5.49. The quantitative estimate of drug-likeness (QED) is 0.585. The summed E-state index contributed by atoms with van der Waals surface area (Å²) in [5, 5.41) is 4.56. The van der Waals surface area contributed by atoms with Crippen LogP contribution in [0.4, 0.5) is 4.39 Å². The summed E-state index contributed by atoms with van der Waals surface area (Å²) in [6.45, 7) is 1.34. The first kappa shape index (κ1) is 19.2. The smallest absolute Gasteiger partial charge is 0.241 e. The molecule has 3 aromatic rings. The molecule has 2 N–H and O–H groups in total. The second-order valence-corrected chi connectivity index (χ2v) is 7.64. The third kappa shape index (κ3) is 5.19. The van der Waals surface area contributed by atoms with E-state index in [1.165, 1.54) is 12.1 Å². The number of rotatable bonds is 8. The maximum Gasteiger partial charge on any atom is 0.241 e. The van der Waals surface area contributed by atoms with Gasteiger partial charge < -0.3 is 5.32 Å². The molecule has 0 bridgehead atoms. The van der Waals surface area contributed by atoms with Crippen molar-refractivity contribution in [2.75, 3.05) is 19.6 Å². The van der Waals surface area contributed by atoms with Crippen LogP contribution in [0.15, 0.2) is 71.9 Å². The fourth-order valence-electron chi connectivity index (χ4n) is 2.63. The summed E-state index contributed by atoms with van der Waals surface area (Å²) < 4.78 is 40.5. The first-order valence-electron chi connectivity index (χ1n) is 8.51. The molecule has 1 heterocycles. The van der Waals surface area contributed by atoms with Gasteiger partial charge in [0.25, 0.3) is 0 Å². The van der Waals surface area contributed by atoms with E-state index in [2.05, 4.69) is 15.0 Å². The van der Waals surface area contributed by atoms with Crippen molar-refractivity contribution in [1.82, 2.24) is 15.0 Å². The largest absolute Gasteiger partial charge is 0.312 e. The van der Waals surface area contributed by atoms with Crippen molar-refractivity contribution in [2.24, 2.45) is 0 Å². The van der Waals surface area contributed by atoms with Gasteiger partial charge in [-0.15, -0.1) is 0 Å². The van der Waals surface area contributed by atoms with Crippen molar-refractivity contribution in [3.63, 3.8) is 0 Å². The van der Waals surface area contributed by atoms with E-state index in [1.807, 2.05) is 18.2 Å². The Labute approximate surface area is 158 Å². The number of aromatic nitrogens is 1. The van der Waals surface area contributed by atoms with Gasteiger partial charge >= 0.3 is 0 Å². The first-order valence-corrected chi connectivity index (χ1v) is 10.00. The van der Waals surface area contributed by atoms with Gasteiger partial charge in [0.2, 0.25) is 10.0 Å². The predicted molar refractivity (Wildman–Crippen MR) is 105 cm³/mol. The van der Waals surface area contributed by atoms with Crippen LogP contribution in [-0.4, -0.2) is 33.0 Å². The van der Waals surface area contributed by atoms with Crippen LogP contribution in [0.2, 0.25) is 0 Å². The fourth-order valence-corrected chi connectivity index (χ4v) is 3.89. The Morgan fingerprint density at radius 3 is 2.67 bits per heavy atom. The van der Waals surface area contributed by atoms with Crippen molar-refractivity contribution >= 4 is 26.9 Å². The van der Waals surface area contributed by atoms with E-state index in [0.29, 0.717) is 18.5 Å². The topological polar surface area (TPSA) is 71.1 Å². The second-order valence-electron chi connectivity index (χ2n) is 5.91. The molecule has 2 aromatic carbocycles. The molecule has 0 aliphatic heterocycles. The minimum Gasteiger partial charge on any atom is -0.312 e. The Bertz CT molecular complexity index is 1030. The molecule has 3 rings (SSSR count). The lowest BCUT2D eigenvalue weighted by molar-refractivity contribution is 0.579. The zero-order valence-electron chi connectivity index (χ0n) is 14.6. The predicted octanol–water partition coefficient (Wildman–Crippen LogP) is 2.96. The highest BCUT2D eigenvalue weighted by Gasteiger charge is 2.16. The van der Waals surface area contributed by atoms with E-state index >= 15 is 0 Å². The zero-order valence-corrected chi connectivity index (χ0v) is 15.4. The highest BCUT2D eigenvalue weighted by Crippen LogP contribution is 2.21. The average Bonchev–Trinajstić information content (AvgIpc) is 2.68. The Morgan fingerprint density at radius 2 is 1.85 bits per heavy atom. The molecule has 0 aliphatic rings. The van der Waals surface area contributed by atoms with E-state index in [9.17, 15) is 12.8 Å². The molecule has 140 valence electrons. The summed E-state index contributed by atoms with van der Waals surface area (Å²) in [4.78, 5) is 4.26. The van der Waals surface area contributed by atoms with E-state index in [4.69, 9.17) is 0 Å². The van der Waals surface area contributed by atoms with Gasteiger partial charge in [-0.3, -0.25) is 4.98 Å². The van der Waals surface area contributed by atoms with Gasteiger partial charge in [0.15, 0.2) is 0 Å². The lowest BCUT2D eigenvalue weighted by Crippen LogP contribution is -2.32. The van der Waals surface area contributed by atoms with Crippen molar-refractivity contribution in [1.29, 1.82) is 0 Å². The lowest BCUT2D eigenvalue weighted by atomic mass is 10.2. The molecule has 0 spiro atoms. The van der Waals surface area contributed by atoms with Gasteiger partial charge in [-0.1, -0.05) is 36.4 Å². The van der Waals surface area contributed by atoms with Gasteiger partial charge in [0.05, 0.1) is 4.90 Å². The molecule has 0 radical (unpaired) electrons. The molecule has 0 aliphatic carbocycles. The minimum atomic E-state index is -3.60. The summed E-state index contributed by atoms with van der Waals surface area (Å²) in [7, 11) is -3.60. The van der Waals surface area contributed by atoms with Crippen LogP contribution in [0, 0.1) is 5.82 Å². The highest BCUT2D eigenvalue weighted by molar-refractivity contribution is 7.89. The van der Waals surface area contributed by atoms with Crippen molar-refractivity contribution in [3.8, 4) is 0 Å². The average molecular weight is 385 g/mol. The number of sulfonamides is 1. The van der Waals surface area contributed by atoms with Crippen LogP contribution >= 0.6 is 0 Å². The first-order chi connectivity index (χ1) is 13.1. The Hall–Kier alpha value is -2.61. The van der Waals surface area contributed by atoms with Crippen LogP contribution in [0.5, 0.6) is 0 Å². The van der Waals surface area contributed by atoms with Gasteiger partial charge in [-0.05, 0) is 29.8 Å². The molecule has 1 aromatic heterocycles. The van der Waals surface area contributed by atoms with Gasteiger partial charge in [-0.25, -0.2) is 17.5 Å². The maximum absolute atomic E-state index is 12.8. The molecule has 5 nitrogen and oxygen atoms in total. The van der Waals surface area contributed by atoms with Crippen LogP contribution in [0.1, 0.15) is 5.56 Å². The number of hydrogen-bond donors (Lipinski definition) is 2. The van der Waals surface area contributed by atoms with Crippen molar-refractivity contribution in [3.05, 3.63) is 78.4 Å². The van der Waals surface area contributed by atoms with E-state index in [0.717, 1.165) is 10.9 Å². The lowest BCUT2D eigenvalue weighted by Gasteiger charge is -2.09. The number of fused-ring (bicyclic) bond motifs is 1. The number of hydrogen-bond acceptors (Lipinski definition) is 4. The molecule has 27 heavy (non-hydrogen) atoms. The van der Waals surface area contributed by atoms with E-state index in [-0.39, 0.29) is 17.3 Å². The van der Waals surface area contributed by atoms with Crippen LogP contribution in [-0.2, 0) is 10.0 Å². The summed E-state index contributed by atoms with van der Waals surface area (Å²) >= 11 is 0. The number of nitrogens with one attached hydrogen (secondary N) is 2. The van der Waals surface area contributed by atoms with Crippen molar-refractivity contribution < 1.29 is 12.8 Å². The van der Waals surface area contributed by atoms with Gasteiger partial charge in [0.1, 0.15) is 5.82 Å². The molecule has 0 fully saturated rings. The second kappa shape index (κ2) is 8.85. The molecule has 0 saturated heterocycles. The summed E-state index contributed by atoms with van der Waals surface area (Å²) in [6.07, 6.45) is 7.00. The summed E-state index contributed by atoms with van der Waals surface area (Å²) in [6, 6.07) is 13.0. The third-order valence-electron chi connectivity index (χ3n) is 3.97. The van der Waals surface area contributed by atoms with Gasteiger partial charge in [-0.2, -0.15) is 0 Å². The zero-order chi connectivity index (χ0) is 19.1. The summed E-state index contributed by atoms with van der Waals surface area (Å²) in [5.41, 5.74) is 0.907. The number of nitrogens with zero attached hydrogens (tertiary/aromatic N) is 1. The summed E-state index contributed by atoms with van der Waals surface area (Å²) in [5.74, 6) is -0.264. The number of pyridine rings is 1. The maximum atomic E-state index is 12.8. The molecular weight excluding hydrogens is 365 g/mol. The molecule has 0 amide bonds. The molecule has 0 unspecified atom stereocenters. The normalized spacial score (nSPS) is 12.0.